The highest BCUT2D eigenvalue weighted by molar-refractivity contribution is 7.70. The van der Waals surface area contributed by atoms with Crippen LogP contribution >= 0.6 is 0 Å². The minimum Gasteiger partial charge on any atom is -0.273 e. The number of hydrogen-bond acceptors (Lipinski definition) is 2. The highest BCUT2D eigenvalue weighted by atomic mass is 32.2. The lowest BCUT2D eigenvalue weighted by Crippen LogP contribution is -2.19. The molecule has 0 aromatic rings. The standard InChI is InChI=1S/C10H15NO2S/c1-4-7-9-10(8-5-2)11(6-3)14(12)13/h4-5,7-9,14H,1-2,6H2,3H3/b9-7-,10-8+. The summed E-state index contributed by atoms with van der Waals surface area (Å²) in [4.78, 5) is 0. The number of rotatable bonds is 6. The van der Waals surface area contributed by atoms with Crippen LogP contribution in [-0.4, -0.2) is 19.3 Å². The van der Waals surface area contributed by atoms with E-state index in [1.165, 1.54) is 4.31 Å². The van der Waals surface area contributed by atoms with Crippen LogP contribution in [0.25, 0.3) is 0 Å². The molecule has 0 atom stereocenters. The molecule has 0 saturated heterocycles. The average molecular weight is 213 g/mol. The van der Waals surface area contributed by atoms with Gasteiger partial charge in [-0.2, -0.15) is 0 Å². The average Bonchev–Trinajstić information content (AvgIpc) is 2.14. The van der Waals surface area contributed by atoms with Crippen molar-refractivity contribution in [1.82, 2.24) is 4.31 Å². The summed E-state index contributed by atoms with van der Waals surface area (Å²) in [5.41, 5.74) is 0.582. The zero-order chi connectivity index (χ0) is 11.0. The van der Waals surface area contributed by atoms with Crippen LogP contribution in [0.3, 0.4) is 0 Å². The molecular formula is C10H15NO2S. The highest BCUT2D eigenvalue weighted by Gasteiger charge is 2.04. The topological polar surface area (TPSA) is 37.4 Å². The van der Waals surface area contributed by atoms with E-state index in [0.29, 0.717) is 12.2 Å². The van der Waals surface area contributed by atoms with E-state index >= 15 is 0 Å². The zero-order valence-electron chi connectivity index (χ0n) is 8.22. The molecule has 0 aliphatic carbocycles. The maximum absolute atomic E-state index is 10.8. The number of thiol groups is 1. The molecule has 78 valence electrons. The first-order valence-corrected chi connectivity index (χ1v) is 5.34. The van der Waals surface area contributed by atoms with Crippen molar-refractivity contribution in [2.75, 3.05) is 6.54 Å². The van der Waals surface area contributed by atoms with Crippen molar-refractivity contribution in [2.45, 2.75) is 6.92 Å². The van der Waals surface area contributed by atoms with Crippen LogP contribution in [0.5, 0.6) is 0 Å². The molecule has 0 fully saturated rings. The van der Waals surface area contributed by atoms with Crippen molar-refractivity contribution in [1.29, 1.82) is 0 Å². The molecular weight excluding hydrogens is 198 g/mol. The van der Waals surface area contributed by atoms with Gasteiger partial charge in [0.2, 0.25) is 10.9 Å². The Morgan fingerprint density at radius 1 is 1.36 bits per heavy atom. The Hall–Kier alpha value is -1.29. The molecule has 0 aromatic carbocycles. The predicted octanol–water partition coefficient (Wildman–Crippen LogP) is 1.65. The highest BCUT2D eigenvalue weighted by Crippen LogP contribution is 2.06. The quantitative estimate of drug-likeness (QED) is 0.538. The van der Waals surface area contributed by atoms with Crippen LogP contribution in [0.1, 0.15) is 6.92 Å². The van der Waals surface area contributed by atoms with Crippen LogP contribution in [0.2, 0.25) is 0 Å². The molecule has 0 rings (SSSR count). The maximum Gasteiger partial charge on any atom is 0.225 e. The molecule has 0 saturated carbocycles. The molecule has 3 nitrogen and oxygen atoms in total. The second-order valence-corrected chi connectivity index (χ2v) is 3.33. The lowest BCUT2D eigenvalue weighted by atomic mass is 10.3. The molecule has 0 heterocycles. The van der Waals surface area contributed by atoms with Crippen molar-refractivity contribution >= 4 is 10.9 Å². The molecule has 0 aromatic heterocycles. The molecule has 4 heteroatoms. The van der Waals surface area contributed by atoms with E-state index in [-0.39, 0.29) is 0 Å². The molecule has 0 amide bonds. The van der Waals surface area contributed by atoms with Gasteiger partial charge in [-0.05, 0) is 19.1 Å². The first-order chi connectivity index (χ1) is 6.67. The summed E-state index contributed by atoms with van der Waals surface area (Å²) in [7, 11) is -2.60. The monoisotopic (exact) mass is 213 g/mol. The van der Waals surface area contributed by atoms with E-state index in [1.807, 2.05) is 0 Å². The second-order valence-electron chi connectivity index (χ2n) is 2.38. The summed E-state index contributed by atoms with van der Waals surface area (Å²) >= 11 is 0. The number of likely N-dealkylation sites (N-methyl/N-ethyl adjacent to an activating group) is 1. The summed E-state index contributed by atoms with van der Waals surface area (Å²) in [5, 5.41) is 0. The Morgan fingerprint density at radius 3 is 2.36 bits per heavy atom. The number of nitrogens with zero attached hydrogens (tertiary/aromatic N) is 1. The van der Waals surface area contributed by atoms with Gasteiger partial charge in [-0.25, -0.2) is 8.42 Å². The Balaban J connectivity index is 4.97. The van der Waals surface area contributed by atoms with E-state index < -0.39 is 10.9 Å². The number of allylic oxidation sites excluding steroid dienone is 5. The van der Waals surface area contributed by atoms with Gasteiger partial charge in [-0.15, -0.1) is 0 Å². The van der Waals surface area contributed by atoms with Gasteiger partial charge in [0.05, 0.1) is 5.70 Å². The van der Waals surface area contributed by atoms with E-state index in [2.05, 4.69) is 13.2 Å². The van der Waals surface area contributed by atoms with E-state index in [4.69, 9.17) is 0 Å². The van der Waals surface area contributed by atoms with Crippen LogP contribution in [0.15, 0.2) is 49.2 Å². The van der Waals surface area contributed by atoms with Gasteiger partial charge in [-0.3, -0.25) is 4.31 Å². The third kappa shape index (κ3) is 4.09. The van der Waals surface area contributed by atoms with Crippen molar-refractivity contribution in [3.05, 3.63) is 49.2 Å². The first-order valence-electron chi connectivity index (χ1n) is 4.21. The third-order valence-corrected chi connectivity index (χ3v) is 2.39. The fourth-order valence-electron chi connectivity index (χ4n) is 0.907. The zero-order valence-corrected chi connectivity index (χ0v) is 9.11. The van der Waals surface area contributed by atoms with E-state index in [0.717, 1.165) is 0 Å². The SMILES string of the molecule is C=C/C=C\C(=C/C=C)N(CC)[SH](=O)=O. The first kappa shape index (κ1) is 12.7. The molecule has 0 aliphatic rings. The van der Waals surface area contributed by atoms with Gasteiger partial charge in [0, 0.05) is 6.54 Å². The van der Waals surface area contributed by atoms with Crippen LogP contribution in [-0.2, 0) is 10.9 Å². The van der Waals surface area contributed by atoms with Crippen LogP contribution in [0.4, 0.5) is 0 Å². The Bertz CT molecular complexity index is 319. The summed E-state index contributed by atoms with van der Waals surface area (Å²) in [5.74, 6) is 0. The summed E-state index contributed by atoms with van der Waals surface area (Å²) < 4.78 is 22.9. The van der Waals surface area contributed by atoms with Gasteiger partial charge < -0.3 is 0 Å². The van der Waals surface area contributed by atoms with Crippen molar-refractivity contribution in [2.24, 2.45) is 0 Å². The Kier molecular flexibility index (Phi) is 6.49. The van der Waals surface area contributed by atoms with Crippen LogP contribution in [0, 0.1) is 0 Å². The Labute approximate surface area is 86.8 Å². The fourth-order valence-corrected chi connectivity index (χ4v) is 1.46. The molecule has 0 spiro atoms. The van der Waals surface area contributed by atoms with Gasteiger partial charge in [0.1, 0.15) is 0 Å². The molecule has 0 radical (unpaired) electrons. The molecule has 14 heavy (non-hydrogen) atoms. The minimum absolute atomic E-state index is 0.403. The van der Waals surface area contributed by atoms with Gasteiger partial charge >= 0.3 is 0 Å². The second kappa shape index (κ2) is 7.15. The van der Waals surface area contributed by atoms with Gasteiger partial charge in [0.15, 0.2) is 0 Å². The van der Waals surface area contributed by atoms with Gasteiger partial charge in [0.25, 0.3) is 0 Å². The summed E-state index contributed by atoms with van der Waals surface area (Å²) in [6.45, 7) is 9.21. The van der Waals surface area contributed by atoms with E-state index in [9.17, 15) is 8.42 Å². The van der Waals surface area contributed by atoms with Crippen LogP contribution < -0.4 is 0 Å². The Morgan fingerprint density at radius 2 is 2.00 bits per heavy atom. The maximum atomic E-state index is 10.8. The van der Waals surface area contributed by atoms with Crippen molar-refractivity contribution in [3.8, 4) is 0 Å². The van der Waals surface area contributed by atoms with Crippen molar-refractivity contribution in [3.63, 3.8) is 0 Å². The third-order valence-electron chi connectivity index (χ3n) is 1.49. The summed E-state index contributed by atoms with van der Waals surface area (Å²) in [6.07, 6.45) is 8.11. The van der Waals surface area contributed by atoms with E-state index in [1.54, 1.807) is 37.3 Å². The minimum atomic E-state index is -2.60. The fraction of sp³-hybridized carbons (Fsp3) is 0.200. The lowest BCUT2D eigenvalue weighted by molar-refractivity contribution is 0.520. The number of hydrogen-bond donors (Lipinski definition) is 1. The summed E-state index contributed by atoms with van der Waals surface area (Å²) in [6, 6.07) is 0. The molecule has 0 bridgehead atoms. The smallest absolute Gasteiger partial charge is 0.225 e. The molecule has 0 N–H and O–H groups in total. The van der Waals surface area contributed by atoms with Gasteiger partial charge in [-0.1, -0.05) is 31.4 Å². The molecule has 0 aliphatic heterocycles. The van der Waals surface area contributed by atoms with Crippen molar-refractivity contribution < 1.29 is 8.42 Å². The lowest BCUT2D eigenvalue weighted by Gasteiger charge is -2.15. The predicted molar refractivity (Wildman–Crippen MR) is 60.3 cm³/mol. The largest absolute Gasteiger partial charge is 0.273 e. The normalized spacial score (nSPS) is 12.0. The molecule has 0 unspecified atom stereocenters.